The number of rotatable bonds is 5. The summed E-state index contributed by atoms with van der Waals surface area (Å²) in [5.74, 6) is -0.442. The van der Waals surface area contributed by atoms with Gasteiger partial charge < -0.3 is 20.3 Å². The summed E-state index contributed by atoms with van der Waals surface area (Å²) in [6.07, 6.45) is 0.936. The summed E-state index contributed by atoms with van der Waals surface area (Å²) in [6, 6.07) is 14.3. The number of hydrogen-bond acceptors (Lipinski definition) is 4. The second-order valence-corrected chi connectivity index (χ2v) is 7.43. The van der Waals surface area contributed by atoms with Crippen LogP contribution in [0.5, 0.6) is 0 Å². The summed E-state index contributed by atoms with van der Waals surface area (Å²) >= 11 is 6.01. The van der Waals surface area contributed by atoms with Gasteiger partial charge >= 0.3 is 12.0 Å². The Morgan fingerprint density at radius 2 is 1.97 bits per heavy atom. The molecule has 7 heteroatoms. The van der Waals surface area contributed by atoms with E-state index in [1.807, 2.05) is 12.1 Å². The van der Waals surface area contributed by atoms with E-state index in [0.29, 0.717) is 22.8 Å². The number of benzene rings is 2. The molecule has 0 bridgehead atoms. The molecule has 2 heterocycles. The van der Waals surface area contributed by atoms with Gasteiger partial charge in [0, 0.05) is 17.3 Å². The number of carbonyl (C=O) groups is 2. The van der Waals surface area contributed by atoms with E-state index in [9.17, 15) is 9.59 Å². The highest BCUT2D eigenvalue weighted by molar-refractivity contribution is 6.30. The zero-order chi connectivity index (χ0) is 20.4. The minimum absolute atomic E-state index is 0.253. The van der Waals surface area contributed by atoms with Gasteiger partial charge in [-0.2, -0.15) is 0 Å². The fourth-order valence-electron chi connectivity index (χ4n) is 3.86. The molecule has 0 aromatic heterocycles. The van der Waals surface area contributed by atoms with E-state index in [4.69, 9.17) is 16.3 Å². The van der Waals surface area contributed by atoms with Crippen molar-refractivity contribution in [1.29, 1.82) is 0 Å². The van der Waals surface area contributed by atoms with Crippen LogP contribution in [-0.4, -0.2) is 31.7 Å². The lowest BCUT2D eigenvalue weighted by molar-refractivity contribution is -0.139. The first-order chi connectivity index (χ1) is 14.1. The molecule has 0 saturated heterocycles. The molecule has 0 spiro atoms. The molecule has 0 aliphatic carbocycles. The van der Waals surface area contributed by atoms with Gasteiger partial charge in [0.1, 0.15) is 0 Å². The molecule has 0 saturated carbocycles. The number of anilines is 1. The van der Waals surface area contributed by atoms with Gasteiger partial charge in [-0.1, -0.05) is 41.9 Å². The number of halogens is 1. The van der Waals surface area contributed by atoms with Crippen LogP contribution in [0.2, 0.25) is 5.02 Å². The maximum absolute atomic E-state index is 12.9. The first-order valence-electron chi connectivity index (χ1n) is 9.63. The van der Waals surface area contributed by atoms with Crippen LogP contribution in [0.4, 0.5) is 10.5 Å². The summed E-state index contributed by atoms with van der Waals surface area (Å²) < 4.78 is 5.32. The van der Waals surface area contributed by atoms with E-state index in [0.717, 1.165) is 24.2 Å². The molecule has 2 aliphatic heterocycles. The van der Waals surface area contributed by atoms with Gasteiger partial charge in [0.05, 0.1) is 30.5 Å². The second kappa shape index (κ2) is 8.17. The minimum atomic E-state index is -0.604. The number of fused-ring (bicyclic) bond motifs is 1. The number of para-hydroxylation sites is 1. The van der Waals surface area contributed by atoms with Crippen molar-refractivity contribution in [3.05, 3.63) is 76.0 Å². The Labute approximate surface area is 174 Å². The van der Waals surface area contributed by atoms with Gasteiger partial charge in [0.2, 0.25) is 0 Å². The normalized spacial score (nSPS) is 18.2. The Hall–Kier alpha value is -2.99. The van der Waals surface area contributed by atoms with E-state index >= 15 is 0 Å². The Morgan fingerprint density at radius 1 is 1.21 bits per heavy atom. The summed E-state index contributed by atoms with van der Waals surface area (Å²) in [5, 5.41) is 6.27. The smallest absolute Gasteiger partial charge is 0.338 e. The van der Waals surface area contributed by atoms with E-state index in [1.54, 1.807) is 31.2 Å². The molecular weight excluding hydrogens is 390 g/mol. The van der Waals surface area contributed by atoms with E-state index in [1.165, 1.54) is 5.56 Å². The molecule has 2 aliphatic rings. The van der Waals surface area contributed by atoms with Crippen LogP contribution in [0.25, 0.3) is 0 Å². The zero-order valence-corrected chi connectivity index (χ0v) is 16.8. The van der Waals surface area contributed by atoms with Crippen molar-refractivity contribution in [3.8, 4) is 0 Å². The predicted octanol–water partition coefficient (Wildman–Crippen LogP) is 3.57. The monoisotopic (exact) mass is 411 g/mol. The number of nitrogens with one attached hydrogen (secondary N) is 2. The van der Waals surface area contributed by atoms with E-state index < -0.39 is 12.0 Å². The molecule has 0 radical (unpaired) electrons. The third-order valence-corrected chi connectivity index (χ3v) is 5.44. The lowest BCUT2D eigenvalue weighted by Gasteiger charge is -2.31. The average Bonchev–Trinajstić information content (AvgIpc) is 3.11. The highest BCUT2D eigenvalue weighted by atomic mass is 35.5. The van der Waals surface area contributed by atoms with Crippen LogP contribution in [0.3, 0.4) is 0 Å². The van der Waals surface area contributed by atoms with Crippen LogP contribution < -0.4 is 15.5 Å². The molecule has 4 rings (SSSR count). The van der Waals surface area contributed by atoms with Crippen LogP contribution >= 0.6 is 11.6 Å². The number of nitrogens with zero attached hydrogens (tertiary/aromatic N) is 1. The maximum Gasteiger partial charge on any atom is 0.338 e. The van der Waals surface area contributed by atoms with E-state index in [2.05, 4.69) is 27.7 Å². The topological polar surface area (TPSA) is 70.7 Å². The maximum atomic E-state index is 12.9. The van der Waals surface area contributed by atoms with E-state index in [-0.39, 0.29) is 12.6 Å². The number of carbonyl (C=O) groups excluding carboxylic acids is 2. The van der Waals surface area contributed by atoms with Crippen molar-refractivity contribution >= 4 is 29.3 Å². The highest BCUT2D eigenvalue weighted by Gasteiger charge is 2.35. The lowest BCUT2D eigenvalue weighted by Crippen LogP contribution is -2.48. The third-order valence-electron chi connectivity index (χ3n) is 5.18. The van der Waals surface area contributed by atoms with Crippen LogP contribution in [0, 0.1) is 0 Å². The Kier molecular flexibility index (Phi) is 5.45. The van der Waals surface area contributed by atoms with Crippen molar-refractivity contribution in [1.82, 2.24) is 10.6 Å². The molecule has 0 fully saturated rings. The third kappa shape index (κ3) is 3.93. The van der Waals surface area contributed by atoms with Gasteiger partial charge in [0.15, 0.2) is 0 Å². The molecule has 2 amide bonds. The molecule has 2 aromatic rings. The molecule has 150 valence electrons. The summed E-state index contributed by atoms with van der Waals surface area (Å²) in [6.45, 7) is 3.26. The van der Waals surface area contributed by atoms with Crippen LogP contribution in [0.15, 0.2) is 59.8 Å². The largest absolute Gasteiger partial charge is 0.463 e. The summed E-state index contributed by atoms with van der Waals surface area (Å²) in [7, 11) is 0. The molecular formula is C22H22ClN3O3. The van der Waals surface area contributed by atoms with Gasteiger partial charge in [-0.3, -0.25) is 0 Å². The number of esters is 1. The number of urea groups is 1. The van der Waals surface area contributed by atoms with Crippen molar-refractivity contribution < 1.29 is 14.3 Å². The predicted molar refractivity (Wildman–Crippen MR) is 112 cm³/mol. The van der Waals surface area contributed by atoms with Gasteiger partial charge in [-0.05, 0) is 42.7 Å². The highest BCUT2D eigenvalue weighted by Crippen LogP contribution is 2.32. The number of ether oxygens (including phenoxy) is 1. The minimum Gasteiger partial charge on any atom is -0.463 e. The number of amides is 2. The number of hydrogen-bond donors (Lipinski definition) is 2. The standard InChI is InChI=1S/C22H22ClN3O3/c1-2-29-21(27)19-17(13-26-12-11-14-5-3-4-6-18(14)26)24-22(28)25-20(19)15-7-9-16(23)10-8-15/h3-10,20H,2,11-13H2,1H3,(H2,24,25,28)/t20-/m1/s1. The molecule has 1 atom stereocenters. The van der Waals surface area contributed by atoms with Crippen molar-refractivity contribution in [2.45, 2.75) is 19.4 Å². The quantitative estimate of drug-likeness (QED) is 0.738. The molecule has 2 N–H and O–H groups in total. The first-order valence-corrected chi connectivity index (χ1v) is 10.0. The SMILES string of the molecule is CCOC(=O)C1=C(CN2CCc3ccccc32)NC(=O)N[C@@H]1c1ccc(Cl)cc1. The Bertz CT molecular complexity index is 972. The Balaban J connectivity index is 1.73. The fourth-order valence-corrected chi connectivity index (χ4v) is 3.99. The van der Waals surface area contributed by atoms with Gasteiger partial charge in [-0.15, -0.1) is 0 Å². The van der Waals surface area contributed by atoms with Crippen LogP contribution in [-0.2, 0) is 16.0 Å². The molecule has 6 nitrogen and oxygen atoms in total. The lowest BCUT2D eigenvalue weighted by atomic mass is 9.95. The summed E-state index contributed by atoms with van der Waals surface area (Å²) in [5.41, 5.74) is 4.13. The average molecular weight is 412 g/mol. The second-order valence-electron chi connectivity index (χ2n) is 7.00. The Morgan fingerprint density at radius 3 is 2.72 bits per heavy atom. The first kappa shape index (κ1) is 19.3. The van der Waals surface area contributed by atoms with Gasteiger partial charge in [0.25, 0.3) is 0 Å². The van der Waals surface area contributed by atoms with Gasteiger partial charge in [-0.25, -0.2) is 9.59 Å². The van der Waals surface area contributed by atoms with Crippen molar-refractivity contribution in [2.75, 3.05) is 24.6 Å². The molecule has 2 aromatic carbocycles. The van der Waals surface area contributed by atoms with Crippen LogP contribution in [0.1, 0.15) is 24.1 Å². The summed E-state index contributed by atoms with van der Waals surface area (Å²) in [4.78, 5) is 27.5. The molecule has 0 unspecified atom stereocenters. The van der Waals surface area contributed by atoms with Crippen molar-refractivity contribution in [2.24, 2.45) is 0 Å². The molecule has 29 heavy (non-hydrogen) atoms. The van der Waals surface area contributed by atoms with Crippen molar-refractivity contribution in [3.63, 3.8) is 0 Å². The fraction of sp³-hybridized carbons (Fsp3) is 0.273. The zero-order valence-electron chi connectivity index (χ0n) is 16.1.